The van der Waals surface area contributed by atoms with Gasteiger partial charge in [0.05, 0.1) is 27.6 Å². The zero-order chi connectivity index (χ0) is 22.8. The van der Waals surface area contributed by atoms with Crippen LogP contribution in [0.3, 0.4) is 0 Å². The predicted octanol–water partition coefficient (Wildman–Crippen LogP) is 4.18. The summed E-state index contributed by atoms with van der Waals surface area (Å²) in [7, 11) is -0.451. The van der Waals surface area contributed by atoms with Gasteiger partial charge in [0.2, 0.25) is 0 Å². The fourth-order valence-corrected chi connectivity index (χ4v) is 4.38. The van der Waals surface area contributed by atoms with Crippen molar-refractivity contribution < 1.29 is 9.31 Å². The Morgan fingerprint density at radius 2 is 1.75 bits per heavy atom. The summed E-state index contributed by atoms with van der Waals surface area (Å²) in [6.45, 7) is 13.1. The number of rotatable bonds is 2. The van der Waals surface area contributed by atoms with Crippen molar-refractivity contribution in [3.8, 4) is 5.69 Å². The molecule has 32 heavy (non-hydrogen) atoms. The molecule has 7 nitrogen and oxygen atoms in total. The van der Waals surface area contributed by atoms with Crippen molar-refractivity contribution in [3.05, 3.63) is 53.2 Å². The van der Waals surface area contributed by atoms with Crippen molar-refractivity contribution in [2.45, 2.75) is 58.7 Å². The van der Waals surface area contributed by atoms with Crippen LogP contribution in [0.25, 0.3) is 5.69 Å². The molecule has 1 atom stereocenters. The van der Waals surface area contributed by atoms with Crippen molar-refractivity contribution >= 4 is 35.7 Å². The zero-order valence-electron chi connectivity index (χ0n) is 19.3. The largest absolute Gasteiger partial charge is 0.494 e. The maximum Gasteiger partial charge on any atom is 0.494 e. The van der Waals surface area contributed by atoms with Gasteiger partial charge in [-0.1, -0.05) is 24.6 Å². The highest BCUT2D eigenvalue weighted by Crippen LogP contribution is 2.39. The van der Waals surface area contributed by atoms with Gasteiger partial charge in [-0.25, -0.2) is 4.98 Å². The average Bonchev–Trinajstić information content (AvgIpc) is 3.17. The van der Waals surface area contributed by atoms with Gasteiger partial charge < -0.3 is 14.2 Å². The summed E-state index contributed by atoms with van der Waals surface area (Å²) in [4.78, 5) is 6.81. The molecule has 166 valence electrons. The molecule has 0 amide bonds. The lowest BCUT2D eigenvalue weighted by atomic mass is 9.78. The van der Waals surface area contributed by atoms with Crippen molar-refractivity contribution in [2.24, 2.45) is 0 Å². The Kier molecular flexibility index (Phi) is 4.89. The van der Waals surface area contributed by atoms with Gasteiger partial charge in [-0.05, 0) is 64.3 Å². The molecule has 2 aliphatic rings. The molecule has 0 aliphatic carbocycles. The number of aryl methyl sites for hydroxylation is 1. The van der Waals surface area contributed by atoms with Crippen molar-refractivity contribution in [2.75, 3.05) is 11.4 Å². The van der Waals surface area contributed by atoms with E-state index in [-0.39, 0.29) is 5.92 Å². The Morgan fingerprint density at radius 1 is 1.03 bits per heavy atom. The van der Waals surface area contributed by atoms with Gasteiger partial charge >= 0.3 is 7.12 Å². The van der Waals surface area contributed by atoms with Crippen LogP contribution in [0.5, 0.6) is 0 Å². The molecule has 0 N–H and O–H groups in total. The molecule has 0 spiro atoms. The highest BCUT2D eigenvalue weighted by atomic mass is 35.5. The first-order valence-electron chi connectivity index (χ1n) is 10.9. The van der Waals surface area contributed by atoms with Crippen molar-refractivity contribution in [3.63, 3.8) is 0 Å². The summed E-state index contributed by atoms with van der Waals surface area (Å²) in [5.74, 6) is 2.75. The Labute approximate surface area is 193 Å². The fourth-order valence-electron chi connectivity index (χ4n) is 4.27. The van der Waals surface area contributed by atoms with Gasteiger partial charge in [-0.3, -0.25) is 4.57 Å². The van der Waals surface area contributed by atoms with E-state index >= 15 is 0 Å². The van der Waals surface area contributed by atoms with Crippen LogP contribution in [0.1, 0.15) is 52.2 Å². The number of nitrogens with zero attached hydrogens (tertiary/aromatic N) is 5. The quantitative estimate of drug-likeness (QED) is 0.545. The smallest absolute Gasteiger partial charge is 0.399 e. The summed E-state index contributed by atoms with van der Waals surface area (Å²) in [6.07, 6.45) is 1.68. The molecular weight excluding hydrogens is 425 g/mol. The van der Waals surface area contributed by atoms with E-state index in [2.05, 4.69) is 77.5 Å². The fraction of sp³-hybridized carbons (Fsp3) is 0.435. The maximum absolute atomic E-state index is 6.32. The van der Waals surface area contributed by atoms with Crippen LogP contribution in [-0.2, 0) is 9.31 Å². The topological polar surface area (TPSA) is 65.3 Å². The minimum Gasteiger partial charge on any atom is -0.399 e. The highest BCUT2D eigenvalue weighted by molar-refractivity contribution is 6.62. The van der Waals surface area contributed by atoms with E-state index in [1.165, 1.54) is 0 Å². The maximum atomic E-state index is 6.32. The molecule has 0 bridgehead atoms. The van der Waals surface area contributed by atoms with E-state index in [1.807, 2.05) is 19.1 Å². The van der Waals surface area contributed by atoms with Gasteiger partial charge in [-0.15, -0.1) is 10.2 Å². The number of halogens is 1. The minimum atomic E-state index is -0.451. The van der Waals surface area contributed by atoms with Crippen molar-refractivity contribution in [1.82, 2.24) is 19.7 Å². The zero-order valence-corrected chi connectivity index (χ0v) is 20.0. The van der Waals surface area contributed by atoms with Crippen LogP contribution >= 0.6 is 11.6 Å². The van der Waals surface area contributed by atoms with E-state index in [1.54, 1.807) is 6.20 Å². The van der Waals surface area contributed by atoms with Gasteiger partial charge in [0.25, 0.3) is 0 Å². The van der Waals surface area contributed by atoms with Crippen LogP contribution in [0.15, 0.2) is 36.5 Å². The number of aromatic nitrogens is 4. The lowest BCUT2D eigenvalue weighted by Crippen LogP contribution is -2.41. The molecule has 1 unspecified atom stereocenters. The first kappa shape index (κ1) is 21.4. The van der Waals surface area contributed by atoms with Gasteiger partial charge in [-0.2, -0.15) is 0 Å². The first-order valence-corrected chi connectivity index (χ1v) is 11.3. The second-order valence-corrected chi connectivity index (χ2v) is 10.1. The number of fused-ring (bicyclic) bond motifs is 3. The molecule has 3 aromatic rings. The number of benzene rings is 1. The third kappa shape index (κ3) is 3.32. The summed E-state index contributed by atoms with van der Waals surface area (Å²) >= 11 is 6.12. The van der Waals surface area contributed by atoms with Gasteiger partial charge in [0.15, 0.2) is 0 Å². The van der Waals surface area contributed by atoms with E-state index < -0.39 is 18.3 Å². The minimum absolute atomic E-state index is 0.140. The molecule has 9 heteroatoms. The third-order valence-corrected chi connectivity index (χ3v) is 7.02. The molecule has 4 heterocycles. The van der Waals surface area contributed by atoms with Crippen LogP contribution in [0.2, 0.25) is 5.02 Å². The van der Waals surface area contributed by atoms with Gasteiger partial charge in [0.1, 0.15) is 17.5 Å². The molecule has 1 saturated heterocycles. The van der Waals surface area contributed by atoms with E-state index in [4.69, 9.17) is 20.9 Å². The highest BCUT2D eigenvalue weighted by Gasteiger charge is 2.52. The van der Waals surface area contributed by atoms with Gasteiger partial charge in [0, 0.05) is 18.7 Å². The van der Waals surface area contributed by atoms with E-state index in [0.29, 0.717) is 11.6 Å². The molecule has 1 aromatic carbocycles. The number of anilines is 2. The van der Waals surface area contributed by atoms with Crippen LogP contribution < -0.4 is 10.4 Å². The molecule has 0 radical (unpaired) electrons. The SMILES string of the molecule is Cc1nnc2n1-c1ccc(B3OC(C)(C)C(C)(C)O3)cc1N(c1ccc(Cl)cn1)CC2C. The summed E-state index contributed by atoms with van der Waals surface area (Å²) in [5, 5.41) is 9.43. The lowest BCUT2D eigenvalue weighted by molar-refractivity contribution is 0.00578. The number of hydrogen-bond acceptors (Lipinski definition) is 6. The molecule has 5 rings (SSSR count). The number of pyridine rings is 1. The molecular formula is C23H27BClN5O2. The predicted molar refractivity (Wildman–Crippen MR) is 126 cm³/mol. The molecule has 1 fully saturated rings. The standard InChI is InChI=1S/C23H27BClN5O2/c1-14-13-29(20-10-8-17(25)12-26-20)19-11-16(24-31-22(3,4)23(5,6)32-24)7-9-18(19)30-15(2)27-28-21(14)30/h7-12,14H,13H2,1-6H3. The molecule has 2 aromatic heterocycles. The number of hydrogen-bond donors (Lipinski definition) is 0. The van der Waals surface area contributed by atoms with E-state index in [0.717, 1.165) is 34.3 Å². The second kappa shape index (κ2) is 7.30. The van der Waals surface area contributed by atoms with E-state index in [9.17, 15) is 0 Å². The first-order chi connectivity index (χ1) is 15.1. The Morgan fingerprint density at radius 3 is 2.41 bits per heavy atom. The van der Waals surface area contributed by atoms with Crippen LogP contribution in [0, 0.1) is 6.92 Å². The Hall–Kier alpha value is -2.42. The second-order valence-electron chi connectivity index (χ2n) is 9.62. The summed E-state index contributed by atoms with van der Waals surface area (Å²) < 4.78 is 14.8. The molecule has 0 saturated carbocycles. The van der Waals surface area contributed by atoms with Crippen LogP contribution in [0.4, 0.5) is 11.5 Å². The summed E-state index contributed by atoms with van der Waals surface area (Å²) in [6, 6.07) is 10.1. The third-order valence-electron chi connectivity index (χ3n) is 6.79. The lowest BCUT2D eigenvalue weighted by Gasteiger charge is -2.32. The summed E-state index contributed by atoms with van der Waals surface area (Å²) in [5.41, 5.74) is 2.15. The Bertz CT molecular complexity index is 1160. The van der Waals surface area contributed by atoms with Crippen molar-refractivity contribution in [1.29, 1.82) is 0 Å². The van der Waals surface area contributed by atoms with Crippen LogP contribution in [-0.4, -0.2) is 44.6 Å². The Balaban J connectivity index is 1.66. The molecule has 2 aliphatic heterocycles. The monoisotopic (exact) mass is 451 g/mol. The normalized spacial score (nSPS) is 21.3. The average molecular weight is 452 g/mol.